The van der Waals surface area contributed by atoms with Crippen molar-refractivity contribution >= 4 is 16.9 Å². The third kappa shape index (κ3) is 4.82. The number of fused-ring (bicyclic) bond motifs is 1. The van der Waals surface area contributed by atoms with E-state index in [0.29, 0.717) is 18.7 Å². The summed E-state index contributed by atoms with van der Waals surface area (Å²) in [5.41, 5.74) is 5.04. The first-order chi connectivity index (χ1) is 15.6. The minimum absolute atomic E-state index is 0.113. The largest absolute Gasteiger partial charge is 0.348 e. The maximum absolute atomic E-state index is 13.4. The van der Waals surface area contributed by atoms with E-state index in [1.165, 1.54) is 0 Å². The lowest BCUT2D eigenvalue weighted by molar-refractivity contribution is 0.0952. The monoisotopic (exact) mass is 444 g/mol. The lowest BCUT2D eigenvalue weighted by Gasteiger charge is -2.20. The van der Waals surface area contributed by atoms with Gasteiger partial charge in [-0.3, -0.25) is 9.48 Å². The van der Waals surface area contributed by atoms with Gasteiger partial charge in [0.25, 0.3) is 5.91 Å². The molecular weight excluding hydrogens is 412 g/mol. The van der Waals surface area contributed by atoms with Crippen molar-refractivity contribution in [2.45, 2.75) is 66.1 Å². The van der Waals surface area contributed by atoms with E-state index in [0.717, 1.165) is 33.5 Å². The van der Waals surface area contributed by atoms with Crippen LogP contribution in [0.5, 0.6) is 0 Å². The van der Waals surface area contributed by atoms with Crippen molar-refractivity contribution in [3.63, 3.8) is 0 Å². The predicted molar refractivity (Wildman–Crippen MR) is 130 cm³/mol. The maximum atomic E-state index is 13.4. The Morgan fingerprint density at radius 1 is 1.12 bits per heavy atom. The second-order valence-corrected chi connectivity index (χ2v) is 9.82. The van der Waals surface area contributed by atoms with Gasteiger partial charge in [-0.25, -0.2) is 9.67 Å². The molecule has 0 aliphatic carbocycles. The van der Waals surface area contributed by atoms with Crippen LogP contribution in [0.15, 0.2) is 48.8 Å². The summed E-state index contributed by atoms with van der Waals surface area (Å²) in [4.78, 5) is 18.3. The molecule has 0 unspecified atom stereocenters. The van der Waals surface area contributed by atoms with Crippen LogP contribution >= 0.6 is 0 Å². The summed E-state index contributed by atoms with van der Waals surface area (Å²) in [7, 11) is 0. The number of hydrogen-bond acceptors (Lipinski definition) is 4. The van der Waals surface area contributed by atoms with E-state index < -0.39 is 0 Å². The van der Waals surface area contributed by atoms with E-state index in [4.69, 9.17) is 10.1 Å². The van der Waals surface area contributed by atoms with Gasteiger partial charge in [0, 0.05) is 24.6 Å². The van der Waals surface area contributed by atoms with E-state index >= 15 is 0 Å². The smallest absolute Gasteiger partial charge is 0.252 e. The molecule has 7 nitrogen and oxygen atoms in total. The molecule has 0 fully saturated rings. The van der Waals surface area contributed by atoms with Crippen molar-refractivity contribution in [1.82, 2.24) is 29.9 Å². The Balaban J connectivity index is 1.62. The zero-order valence-electron chi connectivity index (χ0n) is 20.3. The Bertz CT molecular complexity index is 1280. The number of aryl methyl sites for hydroxylation is 1. The van der Waals surface area contributed by atoms with Gasteiger partial charge in [0.1, 0.15) is 0 Å². The molecule has 1 aromatic carbocycles. The Morgan fingerprint density at radius 3 is 2.55 bits per heavy atom. The van der Waals surface area contributed by atoms with Crippen LogP contribution < -0.4 is 5.32 Å². The standard InChI is InChI=1S/C26H32N6O/c1-17(2)22-14-21(23-18(3)30-32(24(23)29-22)26(4,5)6)25(33)27-15-19-9-7-10-20(13-19)16-31-12-8-11-28-31/h7-14,17H,15-16H2,1-6H3,(H,27,33). The molecule has 0 aliphatic rings. The van der Waals surface area contributed by atoms with Crippen molar-refractivity contribution in [2.75, 3.05) is 0 Å². The lowest BCUT2D eigenvalue weighted by atomic mass is 10.0. The van der Waals surface area contributed by atoms with Crippen molar-refractivity contribution in [3.05, 3.63) is 76.9 Å². The number of aromatic nitrogens is 5. The van der Waals surface area contributed by atoms with Crippen LogP contribution in [-0.4, -0.2) is 30.5 Å². The van der Waals surface area contributed by atoms with Crippen LogP contribution in [0.1, 0.15) is 73.4 Å². The molecule has 1 amide bonds. The molecule has 3 heterocycles. The molecule has 0 radical (unpaired) electrons. The molecule has 4 rings (SSSR count). The number of amides is 1. The number of benzene rings is 1. The van der Waals surface area contributed by atoms with E-state index in [1.807, 2.05) is 46.7 Å². The number of nitrogens with zero attached hydrogens (tertiary/aromatic N) is 5. The fourth-order valence-corrected chi connectivity index (χ4v) is 3.95. The van der Waals surface area contributed by atoms with Crippen molar-refractivity contribution in [2.24, 2.45) is 0 Å². The van der Waals surface area contributed by atoms with Crippen molar-refractivity contribution < 1.29 is 4.79 Å². The van der Waals surface area contributed by atoms with Gasteiger partial charge >= 0.3 is 0 Å². The zero-order valence-corrected chi connectivity index (χ0v) is 20.3. The quantitative estimate of drug-likeness (QED) is 0.464. The molecular formula is C26H32N6O. The average Bonchev–Trinajstić information content (AvgIpc) is 3.39. The van der Waals surface area contributed by atoms with Gasteiger partial charge in [0.05, 0.1) is 28.7 Å². The topological polar surface area (TPSA) is 77.6 Å². The van der Waals surface area contributed by atoms with E-state index in [-0.39, 0.29) is 17.4 Å². The van der Waals surface area contributed by atoms with E-state index in [2.05, 4.69) is 57.2 Å². The summed E-state index contributed by atoms with van der Waals surface area (Å²) in [6, 6.07) is 12.0. The average molecular weight is 445 g/mol. The van der Waals surface area contributed by atoms with Crippen LogP contribution in [0.25, 0.3) is 11.0 Å². The van der Waals surface area contributed by atoms with Crippen LogP contribution in [0.3, 0.4) is 0 Å². The second kappa shape index (κ2) is 8.81. The number of pyridine rings is 1. The summed E-state index contributed by atoms with van der Waals surface area (Å²) in [6.45, 7) is 13.5. The number of carbonyl (C=O) groups is 1. The van der Waals surface area contributed by atoms with Gasteiger partial charge in [0.2, 0.25) is 0 Å². The number of rotatable bonds is 6. The van der Waals surface area contributed by atoms with Crippen molar-refractivity contribution in [1.29, 1.82) is 0 Å². The fourth-order valence-electron chi connectivity index (χ4n) is 3.95. The summed E-state index contributed by atoms with van der Waals surface area (Å²) in [5, 5.41) is 12.9. The first-order valence-corrected chi connectivity index (χ1v) is 11.4. The van der Waals surface area contributed by atoms with Gasteiger partial charge in [0.15, 0.2) is 5.65 Å². The Hall–Kier alpha value is -3.48. The molecule has 4 aromatic rings. The predicted octanol–water partition coefficient (Wildman–Crippen LogP) is 4.79. The van der Waals surface area contributed by atoms with Crippen LogP contribution in [0.2, 0.25) is 0 Å². The molecule has 0 spiro atoms. The third-order valence-electron chi connectivity index (χ3n) is 5.65. The minimum atomic E-state index is -0.238. The molecule has 33 heavy (non-hydrogen) atoms. The third-order valence-corrected chi connectivity index (χ3v) is 5.65. The highest BCUT2D eigenvalue weighted by Crippen LogP contribution is 2.29. The fraction of sp³-hybridized carbons (Fsp3) is 0.385. The summed E-state index contributed by atoms with van der Waals surface area (Å²) < 4.78 is 3.81. The van der Waals surface area contributed by atoms with E-state index in [1.54, 1.807) is 6.20 Å². The highest BCUT2D eigenvalue weighted by Gasteiger charge is 2.25. The molecule has 172 valence electrons. The maximum Gasteiger partial charge on any atom is 0.252 e. The summed E-state index contributed by atoms with van der Waals surface area (Å²) in [6.07, 6.45) is 3.71. The van der Waals surface area contributed by atoms with Gasteiger partial charge in [-0.1, -0.05) is 38.1 Å². The molecule has 0 saturated carbocycles. The van der Waals surface area contributed by atoms with Crippen LogP contribution in [-0.2, 0) is 18.6 Å². The Kier molecular flexibility index (Phi) is 6.06. The molecule has 3 aromatic heterocycles. The molecule has 0 atom stereocenters. The van der Waals surface area contributed by atoms with Crippen LogP contribution in [0, 0.1) is 6.92 Å². The Labute approximate surface area is 194 Å². The Morgan fingerprint density at radius 2 is 1.88 bits per heavy atom. The second-order valence-electron chi connectivity index (χ2n) is 9.82. The summed E-state index contributed by atoms with van der Waals surface area (Å²) in [5.74, 6) is 0.0851. The molecule has 1 N–H and O–H groups in total. The highest BCUT2D eigenvalue weighted by atomic mass is 16.1. The van der Waals surface area contributed by atoms with Gasteiger partial charge in [-0.2, -0.15) is 10.2 Å². The van der Waals surface area contributed by atoms with Crippen molar-refractivity contribution in [3.8, 4) is 0 Å². The number of nitrogens with one attached hydrogen (secondary N) is 1. The normalized spacial score (nSPS) is 12.0. The van der Waals surface area contributed by atoms with Gasteiger partial charge in [-0.15, -0.1) is 0 Å². The highest BCUT2D eigenvalue weighted by molar-refractivity contribution is 6.06. The minimum Gasteiger partial charge on any atom is -0.348 e. The first kappa shape index (κ1) is 22.7. The SMILES string of the molecule is Cc1nn(C(C)(C)C)c2nc(C(C)C)cc(C(=O)NCc3cccc(Cn4cccn4)c3)c12. The molecule has 0 bridgehead atoms. The molecule has 0 aliphatic heterocycles. The number of carbonyl (C=O) groups excluding carboxylic acids is 1. The first-order valence-electron chi connectivity index (χ1n) is 11.4. The number of hydrogen-bond donors (Lipinski definition) is 1. The lowest BCUT2D eigenvalue weighted by Crippen LogP contribution is -2.25. The van der Waals surface area contributed by atoms with E-state index in [9.17, 15) is 4.79 Å². The molecule has 7 heteroatoms. The van der Waals surface area contributed by atoms with Crippen LogP contribution in [0.4, 0.5) is 0 Å². The molecule has 0 saturated heterocycles. The zero-order chi connectivity index (χ0) is 23.8. The van der Waals surface area contributed by atoms with Gasteiger partial charge in [-0.05, 0) is 56.9 Å². The summed E-state index contributed by atoms with van der Waals surface area (Å²) >= 11 is 0. The van der Waals surface area contributed by atoms with Gasteiger partial charge < -0.3 is 5.32 Å².